The highest BCUT2D eigenvalue weighted by Crippen LogP contribution is 2.52. The molecule has 5 fully saturated rings. The molecule has 6 aliphatic heterocycles. The molecule has 6 aromatic rings. The number of hydrogen-bond acceptors (Lipinski definition) is 13. The minimum Gasteiger partial charge on any atom is -0.355 e. The van der Waals surface area contributed by atoms with E-state index in [0.717, 1.165) is 79.1 Å². The summed E-state index contributed by atoms with van der Waals surface area (Å²) >= 11 is 0. The number of rotatable bonds is 17. The highest BCUT2D eigenvalue weighted by Gasteiger charge is 2.56. The summed E-state index contributed by atoms with van der Waals surface area (Å²) in [6, 6.07) is 23.4. The van der Waals surface area contributed by atoms with Gasteiger partial charge in [0.15, 0.2) is 5.82 Å². The topological polar surface area (TPSA) is 232 Å². The first-order valence-corrected chi connectivity index (χ1v) is 33.0. The molecule has 13 rings (SSSR count). The smallest absolute Gasteiger partial charge is 0.262 e. The molecule has 0 radical (unpaired) electrons. The molecule has 92 heavy (non-hydrogen) atoms. The molecular weight excluding hydrogens is 1170 g/mol. The van der Waals surface area contributed by atoms with E-state index in [4.69, 9.17) is 9.97 Å². The standard InChI is InChI=1S/C71H81FN12O8/c1-41(2)75-65(87)52-37-56(54(72)33-43(52)5)77-64-63-57(74-40-82(63)42(3)4)38-55(76-64)48-18-19-53-59(34-48)83(50-35-49(36-50)80-27-7-6-8-28-80)70(92)71(53)24-31-81(32-25-71)67(89)47-16-14-44(15-17-47)45-22-29-79(30-23-45)39-61(86)73-26-10-12-46-11-9-13-51-62(46)69(91)84(68(51)90)58-20-21-60(85)78-66(58)88/h9,11,13-19,33-34,37-38,40-42,45,49-50,58H,6-8,10,12,20-32,35-36,39H2,1-5H3,(H,73,86)(H,75,87)(H,76,77)(H,78,85,88). The summed E-state index contributed by atoms with van der Waals surface area (Å²) in [7, 11) is 0. The zero-order chi connectivity index (χ0) is 64.3. The zero-order valence-electron chi connectivity index (χ0n) is 53.1. The number of benzene rings is 4. The predicted molar refractivity (Wildman–Crippen MR) is 346 cm³/mol. The Hall–Kier alpha value is -8.69. The molecule has 8 heterocycles. The van der Waals surface area contributed by atoms with Gasteiger partial charge in [0, 0.05) is 72.6 Å². The number of likely N-dealkylation sites (tertiary alicyclic amines) is 3. The zero-order valence-corrected chi connectivity index (χ0v) is 53.1. The van der Waals surface area contributed by atoms with Crippen molar-refractivity contribution in [3.05, 3.63) is 136 Å². The largest absolute Gasteiger partial charge is 0.355 e. The molecule has 20 nitrogen and oxygen atoms in total. The molecule has 1 aliphatic carbocycles. The number of carbonyl (C=O) groups excluding carboxylic acids is 8. The van der Waals surface area contributed by atoms with Gasteiger partial charge in [-0.2, -0.15) is 0 Å². The first-order chi connectivity index (χ1) is 44.3. The number of imidazole rings is 1. The second kappa shape index (κ2) is 25.4. The van der Waals surface area contributed by atoms with Gasteiger partial charge in [0.05, 0.1) is 46.3 Å². The van der Waals surface area contributed by atoms with Gasteiger partial charge in [-0.05, 0) is 202 Å². The Balaban J connectivity index is 0.649. The van der Waals surface area contributed by atoms with Crippen LogP contribution in [-0.4, -0.2) is 158 Å². The van der Waals surface area contributed by atoms with Gasteiger partial charge in [-0.1, -0.05) is 42.8 Å². The molecule has 1 atom stereocenters. The van der Waals surface area contributed by atoms with Gasteiger partial charge in [0.1, 0.15) is 17.4 Å². The third kappa shape index (κ3) is 11.7. The molecule has 480 valence electrons. The lowest BCUT2D eigenvalue weighted by Gasteiger charge is -2.48. The second-order valence-electron chi connectivity index (χ2n) is 26.9. The van der Waals surface area contributed by atoms with Crippen LogP contribution in [0.5, 0.6) is 0 Å². The van der Waals surface area contributed by atoms with Gasteiger partial charge < -0.3 is 35.2 Å². The summed E-state index contributed by atoms with van der Waals surface area (Å²) in [5.74, 6) is -2.40. The van der Waals surface area contributed by atoms with Crippen molar-refractivity contribution in [2.24, 2.45) is 0 Å². The fourth-order valence-electron chi connectivity index (χ4n) is 15.3. The molecule has 4 aromatic carbocycles. The third-order valence-corrected chi connectivity index (χ3v) is 20.4. The maximum Gasteiger partial charge on any atom is 0.262 e. The number of hydrogen-bond donors (Lipinski definition) is 4. The van der Waals surface area contributed by atoms with Gasteiger partial charge in [-0.25, -0.2) is 14.4 Å². The predicted octanol–water partition coefficient (Wildman–Crippen LogP) is 8.88. The number of anilines is 3. The number of piperidine rings is 4. The Morgan fingerprint density at radius 2 is 1.55 bits per heavy atom. The molecule has 21 heteroatoms. The van der Waals surface area contributed by atoms with E-state index >= 15 is 9.18 Å². The Morgan fingerprint density at radius 3 is 2.27 bits per heavy atom. The van der Waals surface area contributed by atoms with E-state index in [2.05, 4.69) is 60.2 Å². The first kappa shape index (κ1) is 62.1. The van der Waals surface area contributed by atoms with Crippen molar-refractivity contribution in [3.8, 4) is 11.3 Å². The number of carbonyl (C=O) groups is 8. The van der Waals surface area contributed by atoms with Gasteiger partial charge in [-0.15, -0.1) is 0 Å². The summed E-state index contributed by atoms with van der Waals surface area (Å²) in [5.41, 5.74) is 7.66. The van der Waals surface area contributed by atoms with Gasteiger partial charge in [0.25, 0.3) is 23.6 Å². The molecular formula is C71H81FN12O8. The first-order valence-electron chi connectivity index (χ1n) is 33.0. The number of pyridine rings is 1. The minimum atomic E-state index is -1.04. The quantitative estimate of drug-likeness (QED) is 0.0494. The maximum atomic E-state index is 16.0. The van der Waals surface area contributed by atoms with Crippen molar-refractivity contribution in [1.82, 2.24) is 50.1 Å². The normalized spacial score (nSPS) is 21.1. The number of nitrogens with one attached hydrogen (secondary N) is 4. The fraction of sp³-hybridized carbons (Fsp3) is 0.465. The van der Waals surface area contributed by atoms with Crippen molar-refractivity contribution in [1.29, 1.82) is 0 Å². The number of fused-ring (bicyclic) bond motifs is 4. The molecule has 0 bridgehead atoms. The van der Waals surface area contributed by atoms with Gasteiger partial charge in [0.2, 0.25) is 23.6 Å². The number of nitrogens with zero attached hydrogens (tertiary/aromatic N) is 8. The van der Waals surface area contributed by atoms with E-state index in [1.54, 1.807) is 31.5 Å². The molecule has 7 aliphatic rings. The lowest BCUT2D eigenvalue weighted by molar-refractivity contribution is -0.136. The number of halogens is 1. The SMILES string of the molecule is Cc1cc(F)c(Nc2nc(-c3ccc4c(c3)N(C3CC(N5CCCCC5)C3)C(=O)C43CCN(C(=O)c4ccc(C5CCN(CC(=O)NCCCc6cccc7c6C(=O)N(C6CCC(=O)NC6=O)C7=O)CC5)cc4)CC3)cc3ncn(C(C)C)c23)cc1C(=O)NC(C)C. The van der Waals surface area contributed by atoms with Crippen molar-refractivity contribution in [2.75, 3.05) is 62.6 Å². The molecule has 8 amide bonds. The van der Waals surface area contributed by atoms with Crippen LogP contribution in [0.4, 0.5) is 21.6 Å². The van der Waals surface area contributed by atoms with Gasteiger partial charge in [-0.3, -0.25) is 53.5 Å². The van der Waals surface area contributed by atoms with Crippen LogP contribution in [0, 0.1) is 12.7 Å². The average molecular weight is 1250 g/mol. The van der Waals surface area contributed by atoms with E-state index in [1.807, 2.05) is 61.4 Å². The fourth-order valence-corrected chi connectivity index (χ4v) is 15.3. The Bertz CT molecular complexity index is 3950. The monoisotopic (exact) mass is 1250 g/mol. The second-order valence-corrected chi connectivity index (χ2v) is 26.9. The average Bonchev–Trinajstić information content (AvgIpc) is 1.57. The van der Waals surface area contributed by atoms with Gasteiger partial charge >= 0.3 is 0 Å². The molecule has 4 saturated heterocycles. The van der Waals surface area contributed by atoms with E-state index in [-0.39, 0.29) is 83.9 Å². The van der Waals surface area contributed by atoms with Crippen LogP contribution in [0.15, 0.2) is 85.2 Å². The van der Waals surface area contributed by atoms with Crippen molar-refractivity contribution in [3.63, 3.8) is 0 Å². The number of imide groups is 2. The van der Waals surface area contributed by atoms with Crippen LogP contribution in [-0.2, 0) is 31.0 Å². The van der Waals surface area contributed by atoms with Crippen LogP contribution in [0.3, 0.4) is 0 Å². The van der Waals surface area contributed by atoms with Crippen LogP contribution >= 0.6 is 0 Å². The van der Waals surface area contributed by atoms with E-state index in [1.165, 1.54) is 31.4 Å². The van der Waals surface area contributed by atoms with Crippen molar-refractivity contribution < 1.29 is 42.7 Å². The van der Waals surface area contributed by atoms with E-state index < -0.39 is 40.9 Å². The van der Waals surface area contributed by atoms with Crippen LogP contribution in [0.25, 0.3) is 22.3 Å². The molecule has 2 aromatic heterocycles. The lowest BCUT2D eigenvalue weighted by Crippen LogP contribution is -2.58. The highest BCUT2D eigenvalue weighted by atomic mass is 19.1. The van der Waals surface area contributed by atoms with Crippen LogP contribution in [0.1, 0.15) is 180 Å². The van der Waals surface area contributed by atoms with Crippen molar-refractivity contribution >= 4 is 75.5 Å². The number of aromatic nitrogens is 3. The van der Waals surface area contributed by atoms with E-state index in [9.17, 15) is 33.6 Å². The van der Waals surface area contributed by atoms with Crippen LogP contribution < -0.4 is 26.2 Å². The Kier molecular flexibility index (Phi) is 17.2. The minimum absolute atomic E-state index is 0.00384. The molecule has 1 saturated carbocycles. The van der Waals surface area contributed by atoms with Crippen LogP contribution in [0.2, 0.25) is 0 Å². The summed E-state index contributed by atoms with van der Waals surface area (Å²) in [5, 5.41) is 11.4. The molecule has 1 unspecified atom stereocenters. The Morgan fingerprint density at radius 1 is 0.804 bits per heavy atom. The summed E-state index contributed by atoms with van der Waals surface area (Å²) < 4.78 is 18.0. The summed E-state index contributed by atoms with van der Waals surface area (Å²) in [6.45, 7) is 14.7. The summed E-state index contributed by atoms with van der Waals surface area (Å²) in [6.07, 6.45) is 11.0. The van der Waals surface area contributed by atoms with Crippen molar-refractivity contribution in [2.45, 2.75) is 160 Å². The lowest BCUT2D eigenvalue weighted by atomic mass is 9.73. The third-order valence-electron chi connectivity index (χ3n) is 20.4. The summed E-state index contributed by atoms with van der Waals surface area (Å²) in [4.78, 5) is 127. The van der Waals surface area contributed by atoms with E-state index in [0.29, 0.717) is 96.2 Å². The number of aryl methyl sites for hydroxylation is 2. The maximum absolute atomic E-state index is 16.0. The number of amides is 8. The molecule has 4 N–H and O–H groups in total. The molecule has 1 spiro atoms. The highest BCUT2D eigenvalue weighted by molar-refractivity contribution is 6.24. The Labute approximate surface area is 535 Å².